The Morgan fingerprint density at radius 3 is 2.83 bits per heavy atom. The summed E-state index contributed by atoms with van der Waals surface area (Å²) in [4.78, 5) is 4.62. The van der Waals surface area contributed by atoms with Crippen LogP contribution in [-0.2, 0) is 17.3 Å². The zero-order valence-electron chi connectivity index (χ0n) is 17.0. The second-order valence-electron chi connectivity index (χ2n) is 6.84. The van der Waals surface area contributed by atoms with Gasteiger partial charge in [0.25, 0.3) is 6.43 Å². The minimum absolute atomic E-state index is 0. The van der Waals surface area contributed by atoms with E-state index in [1.165, 1.54) is 0 Å². The van der Waals surface area contributed by atoms with E-state index in [-0.39, 0.29) is 35.3 Å². The third-order valence-corrected chi connectivity index (χ3v) is 6.40. The second-order valence-corrected chi connectivity index (χ2v) is 8.85. The van der Waals surface area contributed by atoms with Gasteiger partial charge < -0.3 is 15.4 Å². The molecule has 0 radical (unpaired) electrons. The molecule has 3 unspecified atom stereocenters. The number of benzene rings is 1. The van der Waals surface area contributed by atoms with Gasteiger partial charge >= 0.3 is 0 Å². The van der Waals surface area contributed by atoms with Crippen LogP contribution >= 0.6 is 24.0 Å². The van der Waals surface area contributed by atoms with E-state index in [1.54, 1.807) is 18.2 Å². The van der Waals surface area contributed by atoms with Gasteiger partial charge in [-0.05, 0) is 43.9 Å². The molecule has 0 aromatic heterocycles. The molecule has 2 N–H and O–H groups in total. The summed E-state index contributed by atoms with van der Waals surface area (Å²) in [7, 11) is -0.762. The number of hydrogen-bond donors (Lipinski definition) is 2. The summed E-state index contributed by atoms with van der Waals surface area (Å²) >= 11 is 0. The lowest BCUT2D eigenvalue weighted by molar-refractivity contribution is 0.0818. The number of hydrogen-bond acceptors (Lipinski definition) is 3. The Morgan fingerprint density at radius 1 is 1.34 bits per heavy atom. The first-order chi connectivity index (χ1) is 13.5. The summed E-state index contributed by atoms with van der Waals surface area (Å²) in [6, 6.07) is 7.32. The Bertz CT molecular complexity index is 664. The Labute approximate surface area is 191 Å². The molecular weight excluding hydrogens is 511 g/mol. The van der Waals surface area contributed by atoms with Gasteiger partial charge in [0.05, 0.1) is 6.54 Å². The molecule has 1 aliphatic carbocycles. The summed E-state index contributed by atoms with van der Waals surface area (Å²) in [6.45, 7) is 4.52. The summed E-state index contributed by atoms with van der Waals surface area (Å²) in [5.74, 6) is 1.84. The lowest BCUT2D eigenvalue weighted by Crippen LogP contribution is -2.46. The van der Waals surface area contributed by atoms with Gasteiger partial charge in [0.2, 0.25) is 0 Å². The van der Waals surface area contributed by atoms with Crippen molar-refractivity contribution in [3.05, 3.63) is 29.8 Å². The Morgan fingerprint density at radius 2 is 2.14 bits per heavy atom. The molecule has 1 fully saturated rings. The Kier molecular flexibility index (Phi) is 12.7. The van der Waals surface area contributed by atoms with Crippen molar-refractivity contribution >= 4 is 40.7 Å². The number of nitrogens with zero attached hydrogens (tertiary/aromatic N) is 1. The first kappa shape index (κ1) is 26.1. The van der Waals surface area contributed by atoms with Crippen LogP contribution in [0.15, 0.2) is 29.3 Å². The van der Waals surface area contributed by atoms with Gasteiger partial charge in [-0.25, -0.2) is 13.8 Å². The molecule has 3 atom stereocenters. The monoisotopic (exact) mass is 543 g/mol. The standard InChI is InChI=1S/C20H31F2N3O2S.HI/c1-3-23-20(25-16-8-6-10-18(12-16)28(26)4-2)24-13-15-7-5-9-17(11-15)27-14-19(21)22;/h5,7,9,11,16,18-19H,3-4,6,8,10,12-14H2,1-2H3,(H2,23,24,25);1H. The van der Waals surface area contributed by atoms with Crippen molar-refractivity contribution in [2.75, 3.05) is 18.9 Å². The highest BCUT2D eigenvalue weighted by atomic mass is 127. The van der Waals surface area contributed by atoms with Crippen molar-refractivity contribution in [2.45, 2.75) is 63.8 Å². The maximum atomic E-state index is 12.3. The number of nitrogens with one attached hydrogen (secondary N) is 2. The number of aliphatic imine (C=N–C) groups is 1. The fraction of sp³-hybridized carbons (Fsp3) is 0.650. The molecule has 1 aliphatic rings. The summed E-state index contributed by atoms with van der Waals surface area (Å²) in [5, 5.41) is 6.96. The first-order valence-electron chi connectivity index (χ1n) is 9.93. The molecule has 5 nitrogen and oxygen atoms in total. The molecule has 166 valence electrons. The van der Waals surface area contributed by atoms with E-state index in [0.29, 0.717) is 24.0 Å². The lowest BCUT2D eigenvalue weighted by atomic mass is 9.95. The van der Waals surface area contributed by atoms with E-state index in [9.17, 15) is 13.0 Å². The van der Waals surface area contributed by atoms with Gasteiger partial charge in [0, 0.05) is 34.4 Å². The molecular formula is C20H32F2IN3O2S. The highest BCUT2D eigenvalue weighted by Crippen LogP contribution is 2.23. The predicted octanol–water partition coefficient (Wildman–Crippen LogP) is 4.08. The van der Waals surface area contributed by atoms with E-state index in [1.807, 2.05) is 19.9 Å². The van der Waals surface area contributed by atoms with Crippen LogP contribution in [0.1, 0.15) is 45.1 Å². The van der Waals surface area contributed by atoms with Crippen LogP contribution in [0.5, 0.6) is 5.75 Å². The Balaban J connectivity index is 0.00000420. The SMILES string of the molecule is CCNC(=NCc1cccc(OCC(F)F)c1)NC1CCCC(S(=O)CC)C1.I. The molecule has 1 aromatic carbocycles. The zero-order chi connectivity index (χ0) is 20.4. The largest absolute Gasteiger partial charge is 0.488 e. The quantitative estimate of drug-likeness (QED) is 0.280. The number of rotatable bonds is 9. The van der Waals surface area contributed by atoms with E-state index in [2.05, 4.69) is 15.6 Å². The van der Waals surface area contributed by atoms with Gasteiger partial charge in [0.1, 0.15) is 12.4 Å². The van der Waals surface area contributed by atoms with E-state index in [4.69, 9.17) is 4.74 Å². The molecule has 0 bridgehead atoms. The van der Waals surface area contributed by atoms with E-state index < -0.39 is 23.8 Å². The van der Waals surface area contributed by atoms with Crippen molar-refractivity contribution in [1.82, 2.24) is 10.6 Å². The third-order valence-electron chi connectivity index (χ3n) is 4.66. The highest BCUT2D eigenvalue weighted by Gasteiger charge is 2.26. The summed E-state index contributed by atoms with van der Waals surface area (Å²) < 4.78 is 41.8. The minimum atomic E-state index is -2.49. The molecule has 0 aliphatic heterocycles. The summed E-state index contributed by atoms with van der Waals surface area (Å²) in [5.41, 5.74) is 0.887. The van der Waals surface area contributed by atoms with Gasteiger partial charge in [-0.15, -0.1) is 24.0 Å². The zero-order valence-corrected chi connectivity index (χ0v) is 20.2. The fourth-order valence-corrected chi connectivity index (χ4v) is 4.68. The fourth-order valence-electron chi connectivity index (χ4n) is 3.33. The van der Waals surface area contributed by atoms with Crippen LogP contribution < -0.4 is 15.4 Å². The molecule has 0 amide bonds. The van der Waals surface area contributed by atoms with Crippen LogP contribution in [0.2, 0.25) is 0 Å². The van der Waals surface area contributed by atoms with Crippen LogP contribution in [0, 0.1) is 0 Å². The minimum Gasteiger partial charge on any atom is -0.488 e. The Hall–Kier alpha value is -0.970. The van der Waals surface area contributed by atoms with E-state index >= 15 is 0 Å². The van der Waals surface area contributed by atoms with E-state index in [0.717, 1.165) is 37.8 Å². The smallest absolute Gasteiger partial charge is 0.272 e. The van der Waals surface area contributed by atoms with Crippen LogP contribution in [0.25, 0.3) is 0 Å². The molecule has 2 rings (SSSR count). The van der Waals surface area contributed by atoms with Crippen LogP contribution in [0.3, 0.4) is 0 Å². The molecule has 0 heterocycles. The molecule has 0 saturated heterocycles. The van der Waals surface area contributed by atoms with Crippen LogP contribution in [-0.4, -0.2) is 46.8 Å². The van der Waals surface area contributed by atoms with Gasteiger partial charge in [0.15, 0.2) is 5.96 Å². The van der Waals surface area contributed by atoms with Crippen molar-refractivity contribution < 1.29 is 17.7 Å². The van der Waals surface area contributed by atoms with Crippen molar-refractivity contribution in [2.24, 2.45) is 4.99 Å². The highest BCUT2D eigenvalue weighted by molar-refractivity contribution is 14.0. The van der Waals surface area contributed by atoms with Gasteiger partial charge in [-0.2, -0.15) is 0 Å². The second kappa shape index (κ2) is 14.1. The number of alkyl halides is 2. The molecule has 9 heteroatoms. The molecule has 0 spiro atoms. The predicted molar refractivity (Wildman–Crippen MR) is 126 cm³/mol. The van der Waals surface area contributed by atoms with Crippen molar-refractivity contribution in [3.8, 4) is 5.75 Å². The molecule has 29 heavy (non-hydrogen) atoms. The van der Waals surface area contributed by atoms with Gasteiger partial charge in [-0.1, -0.05) is 25.5 Å². The average molecular weight is 543 g/mol. The average Bonchev–Trinajstić information content (AvgIpc) is 2.70. The number of guanidine groups is 1. The number of ether oxygens (including phenoxy) is 1. The number of halogens is 3. The van der Waals surface area contributed by atoms with Crippen LogP contribution in [0.4, 0.5) is 8.78 Å². The topological polar surface area (TPSA) is 62.7 Å². The lowest BCUT2D eigenvalue weighted by Gasteiger charge is -2.30. The van der Waals surface area contributed by atoms with Crippen molar-refractivity contribution in [1.29, 1.82) is 0 Å². The maximum Gasteiger partial charge on any atom is 0.272 e. The normalized spacial score (nSPS) is 20.7. The van der Waals surface area contributed by atoms with Crippen molar-refractivity contribution in [3.63, 3.8) is 0 Å². The molecule has 1 saturated carbocycles. The molecule has 1 aromatic rings. The maximum absolute atomic E-state index is 12.3. The third kappa shape index (κ3) is 9.59. The first-order valence-corrected chi connectivity index (χ1v) is 11.3. The van der Waals surface area contributed by atoms with Gasteiger partial charge in [-0.3, -0.25) is 4.21 Å². The summed E-state index contributed by atoms with van der Waals surface area (Å²) in [6.07, 6.45) is 1.53.